The van der Waals surface area contributed by atoms with E-state index in [-0.39, 0.29) is 22.9 Å². The van der Waals surface area contributed by atoms with E-state index in [2.05, 4.69) is 10.3 Å². The smallest absolute Gasteiger partial charge is 0.419 e. The lowest BCUT2D eigenvalue weighted by molar-refractivity contribution is -0.138. The molecule has 180 valence electrons. The molecule has 1 fully saturated rings. The first-order chi connectivity index (χ1) is 15.4. The Kier molecular flexibility index (Phi) is 7.01. The molecule has 1 aromatic heterocycles. The molecule has 1 amide bonds. The SMILES string of the molecule is COc1c([C@@H]2[C@@H](C(=O)Nc3ccc([C@@H](O)CO)nc3)OC(C)(C)[C@@H]2C)cccc1C(F)(F)F. The molecule has 0 radical (unpaired) electrons. The maximum atomic E-state index is 13.6. The molecule has 2 aromatic rings. The monoisotopic (exact) mass is 468 g/mol. The Balaban J connectivity index is 1.96. The summed E-state index contributed by atoms with van der Waals surface area (Å²) in [5.41, 5.74) is -0.927. The number of nitrogens with zero attached hydrogens (tertiary/aromatic N) is 1. The third-order valence-electron chi connectivity index (χ3n) is 6.13. The van der Waals surface area contributed by atoms with Gasteiger partial charge in [-0.3, -0.25) is 9.78 Å². The molecule has 4 atom stereocenters. The molecule has 2 heterocycles. The first-order valence-corrected chi connectivity index (χ1v) is 10.4. The number of methoxy groups -OCH3 is 1. The van der Waals surface area contributed by atoms with E-state index in [1.165, 1.54) is 37.6 Å². The van der Waals surface area contributed by atoms with Crippen LogP contribution in [0.4, 0.5) is 18.9 Å². The van der Waals surface area contributed by atoms with E-state index in [4.69, 9.17) is 14.6 Å². The molecule has 3 rings (SSSR count). The molecule has 3 N–H and O–H groups in total. The largest absolute Gasteiger partial charge is 0.496 e. The summed E-state index contributed by atoms with van der Waals surface area (Å²) in [6.07, 6.45) is -5.54. The van der Waals surface area contributed by atoms with Gasteiger partial charge in [0.25, 0.3) is 5.91 Å². The maximum absolute atomic E-state index is 13.6. The quantitative estimate of drug-likeness (QED) is 0.598. The Morgan fingerprint density at radius 3 is 2.55 bits per heavy atom. The lowest BCUT2D eigenvalue weighted by Gasteiger charge is -2.26. The summed E-state index contributed by atoms with van der Waals surface area (Å²) in [6, 6.07) is 6.71. The van der Waals surface area contributed by atoms with Gasteiger partial charge in [-0.05, 0) is 38.0 Å². The van der Waals surface area contributed by atoms with Gasteiger partial charge in [0.05, 0.1) is 42.5 Å². The van der Waals surface area contributed by atoms with Crippen molar-refractivity contribution in [3.05, 3.63) is 53.3 Å². The first-order valence-electron chi connectivity index (χ1n) is 10.4. The van der Waals surface area contributed by atoms with Crippen molar-refractivity contribution in [2.24, 2.45) is 5.92 Å². The van der Waals surface area contributed by atoms with Crippen LogP contribution in [0, 0.1) is 5.92 Å². The van der Waals surface area contributed by atoms with E-state index in [0.29, 0.717) is 5.69 Å². The number of alkyl halides is 3. The number of amides is 1. The van der Waals surface area contributed by atoms with Crippen molar-refractivity contribution in [1.29, 1.82) is 0 Å². The van der Waals surface area contributed by atoms with Gasteiger partial charge in [0.1, 0.15) is 18.0 Å². The third-order valence-corrected chi connectivity index (χ3v) is 6.13. The topological polar surface area (TPSA) is 101 Å². The number of rotatable bonds is 6. The standard InChI is InChI=1S/C23H27F3N2O5/c1-12-18(14-6-5-7-15(19(14)32-4)23(24,25)26)20(33-22(12,2)3)21(31)28-13-8-9-16(27-10-13)17(30)11-29/h5-10,12,17-18,20,29-30H,11H2,1-4H3,(H,28,31)/t12-,17+,18-,20+/m1/s1. The fourth-order valence-electron chi connectivity index (χ4n) is 4.10. The summed E-state index contributed by atoms with van der Waals surface area (Å²) in [4.78, 5) is 17.2. The van der Waals surface area contributed by atoms with Gasteiger partial charge in [0, 0.05) is 11.5 Å². The first kappa shape index (κ1) is 24.9. The van der Waals surface area contributed by atoms with Crippen LogP contribution in [0.2, 0.25) is 0 Å². The molecule has 0 unspecified atom stereocenters. The van der Waals surface area contributed by atoms with Crippen LogP contribution in [-0.2, 0) is 15.7 Å². The van der Waals surface area contributed by atoms with Crippen LogP contribution >= 0.6 is 0 Å². The molecule has 0 bridgehead atoms. The predicted molar refractivity (Wildman–Crippen MR) is 114 cm³/mol. The van der Waals surface area contributed by atoms with Crippen molar-refractivity contribution in [2.45, 2.75) is 50.7 Å². The summed E-state index contributed by atoms with van der Waals surface area (Å²) in [6.45, 7) is 4.89. The van der Waals surface area contributed by atoms with E-state index >= 15 is 0 Å². The molecular weight excluding hydrogens is 441 g/mol. The average Bonchev–Trinajstić information content (AvgIpc) is 3.01. The molecule has 10 heteroatoms. The van der Waals surface area contributed by atoms with Crippen LogP contribution in [0.3, 0.4) is 0 Å². The van der Waals surface area contributed by atoms with Crippen LogP contribution in [0.25, 0.3) is 0 Å². The number of halogens is 3. The summed E-state index contributed by atoms with van der Waals surface area (Å²) >= 11 is 0. The Morgan fingerprint density at radius 2 is 2.00 bits per heavy atom. The molecule has 33 heavy (non-hydrogen) atoms. The highest BCUT2D eigenvalue weighted by molar-refractivity contribution is 5.95. The normalized spacial score (nSPS) is 23.2. The number of anilines is 1. The highest BCUT2D eigenvalue weighted by Crippen LogP contribution is 2.50. The molecule has 7 nitrogen and oxygen atoms in total. The second-order valence-corrected chi connectivity index (χ2v) is 8.54. The number of ether oxygens (including phenoxy) is 2. The van der Waals surface area contributed by atoms with E-state index in [1.807, 2.05) is 6.92 Å². The van der Waals surface area contributed by atoms with Gasteiger partial charge in [0.2, 0.25) is 0 Å². The van der Waals surface area contributed by atoms with Crippen molar-refractivity contribution in [3.63, 3.8) is 0 Å². The van der Waals surface area contributed by atoms with Crippen LogP contribution in [0.5, 0.6) is 5.75 Å². The van der Waals surface area contributed by atoms with Crippen molar-refractivity contribution in [2.75, 3.05) is 19.0 Å². The Labute approximate surface area is 189 Å². The van der Waals surface area contributed by atoms with Gasteiger partial charge in [0.15, 0.2) is 0 Å². The van der Waals surface area contributed by atoms with Crippen LogP contribution in [0.1, 0.15) is 49.6 Å². The Hall–Kier alpha value is -2.69. The minimum atomic E-state index is -4.62. The van der Waals surface area contributed by atoms with Crippen LogP contribution in [-0.4, -0.2) is 46.5 Å². The van der Waals surface area contributed by atoms with E-state index in [0.717, 1.165) is 6.07 Å². The van der Waals surface area contributed by atoms with E-state index in [1.54, 1.807) is 13.8 Å². The zero-order chi connectivity index (χ0) is 24.6. The number of carbonyl (C=O) groups excluding carboxylic acids is 1. The zero-order valence-electron chi connectivity index (χ0n) is 18.7. The van der Waals surface area contributed by atoms with Crippen LogP contribution in [0.15, 0.2) is 36.5 Å². The number of carbonyl (C=O) groups is 1. The number of nitrogens with one attached hydrogen (secondary N) is 1. The number of benzene rings is 1. The molecule has 1 aliphatic rings. The number of hydrogen-bond donors (Lipinski definition) is 3. The molecule has 1 aromatic carbocycles. The van der Waals surface area contributed by atoms with Crippen molar-refractivity contribution < 1.29 is 37.7 Å². The number of aromatic nitrogens is 1. The minimum absolute atomic E-state index is 0.231. The summed E-state index contributed by atoms with van der Waals surface area (Å²) < 4.78 is 51.9. The van der Waals surface area contributed by atoms with Crippen molar-refractivity contribution >= 4 is 11.6 Å². The minimum Gasteiger partial charge on any atom is -0.496 e. The summed E-state index contributed by atoms with van der Waals surface area (Å²) in [5.74, 6) is -1.90. The molecule has 1 saturated heterocycles. The highest BCUT2D eigenvalue weighted by Gasteiger charge is 2.52. The molecule has 0 saturated carbocycles. The Morgan fingerprint density at radius 1 is 1.30 bits per heavy atom. The second-order valence-electron chi connectivity index (χ2n) is 8.54. The molecule has 0 spiro atoms. The maximum Gasteiger partial charge on any atom is 0.419 e. The summed E-state index contributed by atoms with van der Waals surface area (Å²) in [7, 11) is 1.17. The number of pyridine rings is 1. The molecule has 0 aliphatic carbocycles. The highest BCUT2D eigenvalue weighted by atomic mass is 19.4. The van der Waals surface area contributed by atoms with Crippen molar-refractivity contribution in [1.82, 2.24) is 4.98 Å². The fraction of sp³-hybridized carbons (Fsp3) is 0.478. The number of para-hydroxylation sites is 1. The van der Waals surface area contributed by atoms with Gasteiger partial charge < -0.3 is 25.0 Å². The van der Waals surface area contributed by atoms with Gasteiger partial charge in [-0.1, -0.05) is 19.1 Å². The molecular formula is C23H27F3N2O5. The van der Waals surface area contributed by atoms with Gasteiger partial charge >= 0.3 is 6.18 Å². The lowest BCUT2D eigenvalue weighted by Crippen LogP contribution is -2.33. The van der Waals surface area contributed by atoms with Gasteiger partial charge in [-0.2, -0.15) is 13.2 Å². The predicted octanol–water partition coefficient (Wildman–Crippen LogP) is 3.67. The third kappa shape index (κ3) is 4.97. The number of aliphatic hydroxyl groups is 2. The van der Waals surface area contributed by atoms with Crippen LogP contribution < -0.4 is 10.1 Å². The fourth-order valence-corrected chi connectivity index (χ4v) is 4.10. The van der Waals surface area contributed by atoms with Gasteiger partial charge in [-0.15, -0.1) is 0 Å². The van der Waals surface area contributed by atoms with Gasteiger partial charge in [-0.25, -0.2) is 0 Å². The number of hydrogen-bond acceptors (Lipinski definition) is 6. The average molecular weight is 468 g/mol. The molecule has 1 aliphatic heterocycles. The van der Waals surface area contributed by atoms with Crippen molar-refractivity contribution in [3.8, 4) is 5.75 Å². The lowest BCUT2D eigenvalue weighted by atomic mass is 9.77. The summed E-state index contributed by atoms with van der Waals surface area (Å²) in [5, 5.41) is 21.3. The zero-order valence-corrected chi connectivity index (χ0v) is 18.7. The number of aliphatic hydroxyl groups excluding tert-OH is 2. The second kappa shape index (κ2) is 9.28. The Bertz CT molecular complexity index is 995. The van der Waals surface area contributed by atoms with E-state index in [9.17, 15) is 23.1 Å². The van der Waals surface area contributed by atoms with E-state index < -0.39 is 48.0 Å².